The van der Waals surface area contributed by atoms with Crippen LogP contribution in [0.25, 0.3) is 0 Å². The quantitative estimate of drug-likeness (QED) is 0.284. The molecule has 0 aromatic carbocycles. The second-order valence-corrected chi connectivity index (χ2v) is 2.08. The summed E-state index contributed by atoms with van der Waals surface area (Å²) in [7, 11) is 0.899. The van der Waals surface area contributed by atoms with Gasteiger partial charge < -0.3 is 4.74 Å². The first-order valence-corrected chi connectivity index (χ1v) is 3.92. The van der Waals surface area contributed by atoms with Gasteiger partial charge in [0.15, 0.2) is 0 Å². The second kappa shape index (κ2) is 3.43. The summed E-state index contributed by atoms with van der Waals surface area (Å²) in [5.41, 5.74) is 0.473. The maximum Gasteiger partial charge on any atom is 0.332 e. The molecule has 0 bridgehead atoms. The van der Waals surface area contributed by atoms with E-state index in [0.29, 0.717) is 11.8 Å². The Labute approximate surface area is 52.0 Å². The minimum atomic E-state index is -0.278. The van der Waals surface area contributed by atoms with E-state index in [4.69, 9.17) is 0 Å². The molecule has 0 atom stereocenters. The SMILES string of the molecule is C=C(C)C(=O)OC[SiH3]. The van der Waals surface area contributed by atoms with Gasteiger partial charge in [0.2, 0.25) is 0 Å². The van der Waals surface area contributed by atoms with Crippen LogP contribution in [-0.2, 0) is 9.53 Å². The van der Waals surface area contributed by atoms with Gasteiger partial charge >= 0.3 is 5.97 Å². The molecule has 0 saturated heterocycles. The molecule has 0 unspecified atom stereocenters. The van der Waals surface area contributed by atoms with E-state index in [-0.39, 0.29) is 5.97 Å². The summed E-state index contributed by atoms with van der Waals surface area (Å²) < 4.78 is 4.63. The first kappa shape index (κ1) is 7.43. The van der Waals surface area contributed by atoms with Crippen LogP contribution >= 0.6 is 0 Å². The van der Waals surface area contributed by atoms with E-state index < -0.39 is 0 Å². The van der Waals surface area contributed by atoms with Crippen molar-refractivity contribution in [3.8, 4) is 0 Å². The maximum atomic E-state index is 10.4. The lowest BCUT2D eigenvalue weighted by Gasteiger charge is -1.96. The number of rotatable bonds is 2. The molecule has 3 heteroatoms. The average molecular weight is 130 g/mol. The predicted molar refractivity (Wildman–Crippen MR) is 35.7 cm³/mol. The van der Waals surface area contributed by atoms with E-state index in [9.17, 15) is 4.79 Å². The van der Waals surface area contributed by atoms with E-state index in [1.807, 2.05) is 0 Å². The first-order valence-electron chi connectivity index (χ1n) is 2.51. The highest BCUT2D eigenvalue weighted by Gasteiger charge is 1.98. The molecular formula is C5H10O2Si. The molecule has 0 radical (unpaired) electrons. The topological polar surface area (TPSA) is 26.3 Å². The lowest BCUT2D eigenvalue weighted by atomic mass is 10.4. The fourth-order valence-corrected chi connectivity index (χ4v) is 0.516. The number of carbonyl (C=O) groups is 1. The number of hydrogen-bond acceptors (Lipinski definition) is 2. The van der Waals surface area contributed by atoms with Crippen molar-refractivity contribution in [1.29, 1.82) is 0 Å². The fraction of sp³-hybridized carbons (Fsp3) is 0.400. The Morgan fingerprint density at radius 2 is 2.38 bits per heavy atom. The Morgan fingerprint density at radius 3 is 2.50 bits per heavy atom. The van der Waals surface area contributed by atoms with Crippen molar-refractivity contribution in [1.82, 2.24) is 0 Å². The molecule has 0 spiro atoms. The second-order valence-electron chi connectivity index (χ2n) is 1.50. The number of esters is 1. The van der Waals surface area contributed by atoms with Gasteiger partial charge in [0.25, 0.3) is 0 Å². The largest absolute Gasteiger partial charge is 0.467 e. The molecule has 8 heavy (non-hydrogen) atoms. The third kappa shape index (κ3) is 2.57. The third-order valence-electron chi connectivity index (χ3n) is 0.624. The fourth-order valence-electron chi connectivity index (χ4n) is 0.254. The molecule has 0 aliphatic rings. The van der Waals surface area contributed by atoms with Gasteiger partial charge in [-0.1, -0.05) is 6.58 Å². The Hall–Kier alpha value is -0.573. The van der Waals surface area contributed by atoms with Crippen LogP contribution in [0.1, 0.15) is 6.92 Å². The van der Waals surface area contributed by atoms with Gasteiger partial charge in [-0.05, 0) is 6.92 Å². The van der Waals surface area contributed by atoms with Crippen molar-refractivity contribution in [3.05, 3.63) is 12.2 Å². The van der Waals surface area contributed by atoms with E-state index in [1.165, 1.54) is 0 Å². The van der Waals surface area contributed by atoms with Crippen LogP contribution in [0.3, 0.4) is 0 Å². The zero-order valence-corrected chi connectivity index (χ0v) is 7.23. The van der Waals surface area contributed by atoms with Crippen molar-refractivity contribution in [2.24, 2.45) is 0 Å². The molecule has 0 aromatic heterocycles. The lowest BCUT2D eigenvalue weighted by Crippen LogP contribution is -2.05. The van der Waals surface area contributed by atoms with Crippen LogP contribution in [0.2, 0.25) is 0 Å². The number of carbonyl (C=O) groups excluding carboxylic acids is 1. The highest BCUT2D eigenvalue weighted by atomic mass is 28.1. The smallest absolute Gasteiger partial charge is 0.332 e. The minimum absolute atomic E-state index is 0.278. The molecule has 0 amide bonds. The normalized spacial score (nSPS) is 8.62. The summed E-state index contributed by atoms with van der Waals surface area (Å²) in [5.74, 6) is -0.278. The van der Waals surface area contributed by atoms with E-state index in [2.05, 4.69) is 11.3 Å². The summed E-state index contributed by atoms with van der Waals surface area (Å²) in [6.07, 6.45) is 0.561. The monoisotopic (exact) mass is 130 g/mol. The minimum Gasteiger partial charge on any atom is -0.467 e. The molecule has 0 rings (SSSR count). The molecule has 0 fully saturated rings. The van der Waals surface area contributed by atoms with Crippen LogP contribution in [0.5, 0.6) is 0 Å². The van der Waals surface area contributed by atoms with Gasteiger partial charge in [-0.15, -0.1) is 0 Å². The predicted octanol–water partition coefficient (Wildman–Crippen LogP) is -0.571. The maximum absolute atomic E-state index is 10.4. The van der Waals surface area contributed by atoms with Crippen molar-refractivity contribution in [3.63, 3.8) is 0 Å². The molecule has 46 valence electrons. The molecule has 0 heterocycles. The van der Waals surface area contributed by atoms with Crippen molar-refractivity contribution < 1.29 is 9.53 Å². The third-order valence-corrected chi connectivity index (χ3v) is 0.913. The Morgan fingerprint density at radius 1 is 1.88 bits per heavy atom. The van der Waals surface area contributed by atoms with E-state index >= 15 is 0 Å². The average Bonchev–Trinajstić information content (AvgIpc) is 1.67. The standard InChI is InChI=1S/C5H10O2Si/c1-4(2)5(6)7-3-8/h1,3H2,2,8H3. The molecule has 0 aliphatic carbocycles. The van der Waals surface area contributed by atoms with Crippen LogP contribution < -0.4 is 0 Å². The first-order chi connectivity index (χ1) is 3.68. The van der Waals surface area contributed by atoms with E-state index in [1.54, 1.807) is 6.92 Å². The summed E-state index contributed by atoms with van der Waals surface area (Å²) in [4.78, 5) is 10.4. The molecule has 0 N–H and O–H groups in total. The molecule has 0 aliphatic heterocycles. The summed E-state index contributed by atoms with van der Waals surface area (Å²) in [6, 6.07) is 0. The van der Waals surface area contributed by atoms with Crippen LogP contribution in [0, 0.1) is 0 Å². The van der Waals surface area contributed by atoms with Gasteiger partial charge in [0.1, 0.15) is 0 Å². The summed E-state index contributed by atoms with van der Waals surface area (Å²) in [5, 5.41) is 0. The lowest BCUT2D eigenvalue weighted by molar-refractivity contribution is -0.136. The van der Waals surface area contributed by atoms with Crippen molar-refractivity contribution in [2.45, 2.75) is 6.92 Å². The summed E-state index contributed by atoms with van der Waals surface area (Å²) >= 11 is 0. The van der Waals surface area contributed by atoms with Gasteiger partial charge in [-0.2, -0.15) is 0 Å². The Kier molecular flexibility index (Phi) is 3.19. The number of hydrogen-bond donors (Lipinski definition) is 0. The van der Waals surface area contributed by atoms with Gasteiger partial charge in [-0.3, -0.25) is 0 Å². The van der Waals surface area contributed by atoms with E-state index in [0.717, 1.165) is 10.2 Å². The highest BCUT2D eigenvalue weighted by molar-refractivity contribution is 6.09. The van der Waals surface area contributed by atoms with Gasteiger partial charge in [0.05, 0.1) is 16.5 Å². The van der Waals surface area contributed by atoms with Crippen LogP contribution in [-0.4, -0.2) is 22.4 Å². The highest BCUT2D eigenvalue weighted by Crippen LogP contribution is 1.88. The van der Waals surface area contributed by atoms with Crippen molar-refractivity contribution >= 4 is 16.2 Å². The summed E-state index contributed by atoms with van der Waals surface area (Å²) in [6.45, 7) is 5.05. The zero-order valence-electron chi connectivity index (χ0n) is 5.23. The van der Waals surface area contributed by atoms with Gasteiger partial charge in [-0.25, -0.2) is 4.79 Å². The molecule has 0 saturated carbocycles. The Bertz CT molecular complexity index is 109. The van der Waals surface area contributed by atoms with Gasteiger partial charge in [0, 0.05) is 5.57 Å². The Balaban J connectivity index is 3.49. The van der Waals surface area contributed by atoms with Crippen molar-refractivity contribution in [2.75, 3.05) is 6.23 Å². The molecule has 2 nitrogen and oxygen atoms in total. The van der Waals surface area contributed by atoms with Crippen LogP contribution in [0.15, 0.2) is 12.2 Å². The molecule has 0 aromatic rings. The van der Waals surface area contributed by atoms with Crippen LogP contribution in [0.4, 0.5) is 0 Å². The zero-order chi connectivity index (χ0) is 6.57. The molecular weight excluding hydrogens is 120 g/mol. The number of ether oxygens (including phenoxy) is 1.